The Hall–Kier alpha value is -0.730. The van der Waals surface area contributed by atoms with Crippen LogP contribution in [-0.4, -0.2) is 19.6 Å². The maximum atomic E-state index is 6.16. The van der Waals surface area contributed by atoms with Gasteiger partial charge in [0.15, 0.2) is 0 Å². The summed E-state index contributed by atoms with van der Waals surface area (Å²) in [5.41, 5.74) is 2.55. The predicted octanol–water partition coefficient (Wildman–Crippen LogP) is 4.32. The van der Waals surface area contributed by atoms with Crippen molar-refractivity contribution in [2.24, 2.45) is 5.92 Å². The van der Waals surface area contributed by atoms with Crippen LogP contribution in [0.25, 0.3) is 0 Å². The Morgan fingerprint density at radius 3 is 2.53 bits per heavy atom. The number of hydrogen-bond acceptors (Lipinski definition) is 2. The molecule has 0 aliphatic heterocycles. The Balaban J connectivity index is 2.92. The van der Waals surface area contributed by atoms with E-state index in [0.717, 1.165) is 24.5 Å². The Morgan fingerprint density at radius 2 is 1.95 bits per heavy atom. The molecule has 3 heteroatoms. The highest BCUT2D eigenvalue weighted by molar-refractivity contribution is 6.30. The monoisotopic (exact) mass is 282 g/mol. The number of nitrogens with zero attached hydrogens (tertiary/aromatic N) is 1. The minimum absolute atomic E-state index is 0.489. The molecular formula is C16H27ClN2. The molecule has 0 saturated carbocycles. The minimum Gasteiger partial charge on any atom is -0.371 e. The maximum absolute atomic E-state index is 6.16. The molecule has 0 saturated heterocycles. The van der Waals surface area contributed by atoms with Gasteiger partial charge >= 0.3 is 0 Å². The molecule has 0 aliphatic rings. The number of anilines is 1. The minimum atomic E-state index is 0.489. The highest BCUT2D eigenvalue weighted by Crippen LogP contribution is 2.27. The fourth-order valence-corrected chi connectivity index (χ4v) is 2.25. The van der Waals surface area contributed by atoms with E-state index >= 15 is 0 Å². The smallest absolute Gasteiger partial charge is 0.0426 e. The first-order valence-corrected chi connectivity index (χ1v) is 7.57. The third kappa shape index (κ3) is 4.70. The van der Waals surface area contributed by atoms with E-state index in [4.69, 9.17) is 11.6 Å². The first-order valence-electron chi connectivity index (χ1n) is 7.19. The van der Waals surface area contributed by atoms with Crippen LogP contribution in [0.4, 0.5) is 5.69 Å². The lowest BCUT2D eigenvalue weighted by atomic mass is 10.0. The standard InChI is InChI=1S/C16H27ClN2/c1-6-9-18-11-14-7-8-15(17)10-16(14)19(5)13(4)12(2)3/h7-8,10,12-13,18H,6,9,11H2,1-5H3. The summed E-state index contributed by atoms with van der Waals surface area (Å²) < 4.78 is 0. The van der Waals surface area contributed by atoms with Gasteiger partial charge in [0.05, 0.1) is 0 Å². The molecule has 1 unspecified atom stereocenters. The van der Waals surface area contributed by atoms with Gasteiger partial charge in [0, 0.05) is 30.3 Å². The van der Waals surface area contributed by atoms with E-state index in [1.54, 1.807) is 0 Å². The summed E-state index contributed by atoms with van der Waals surface area (Å²) in [4.78, 5) is 2.33. The zero-order chi connectivity index (χ0) is 14.4. The van der Waals surface area contributed by atoms with Crippen molar-refractivity contribution in [3.05, 3.63) is 28.8 Å². The zero-order valence-corrected chi connectivity index (χ0v) is 13.6. The summed E-state index contributed by atoms with van der Waals surface area (Å²) in [7, 11) is 2.15. The second-order valence-corrected chi connectivity index (χ2v) is 5.98. The van der Waals surface area contributed by atoms with Crippen molar-refractivity contribution < 1.29 is 0 Å². The Morgan fingerprint density at radius 1 is 1.26 bits per heavy atom. The van der Waals surface area contributed by atoms with Gasteiger partial charge in [0.25, 0.3) is 0 Å². The SMILES string of the molecule is CCCNCc1ccc(Cl)cc1N(C)C(C)C(C)C. The lowest BCUT2D eigenvalue weighted by molar-refractivity contribution is 0.504. The van der Waals surface area contributed by atoms with Crippen LogP contribution in [0.5, 0.6) is 0 Å². The van der Waals surface area contributed by atoms with Gasteiger partial charge in [-0.3, -0.25) is 0 Å². The van der Waals surface area contributed by atoms with E-state index < -0.39 is 0 Å². The second kappa shape index (κ2) is 7.76. The molecule has 1 aromatic rings. The lowest BCUT2D eigenvalue weighted by Crippen LogP contribution is -2.34. The topological polar surface area (TPSA) is 15.3 Å². The Kier molecular flexibility index (Phi) is 6.67. The van der Waals surface area contributed by atoms with Crippen LogP contribution < -0.4 is 10.2 Å². The zero-order valence-electron chi connectivity index (χ0n) is 12.8. The van der Waals surface area contributed by atoms with Gasteiger partial charge in [-0.25, -0.2) is 0 Å². The molecule has 0 aliphatic carbocycles. The number of benzene rings is 1. The molecule has 2 nitrogen and oxygen atoms in total. The lowest BCUT2D eigenvalue weighted by Gasteiger charge is -2.32. The molecule has 1 atom stereocenters. The first kappa shape index (κ1) is 16.3. The molecule has 0 radical (unpaired) electrons. The summed E-state index contributed by atoms with van der Waals surface area (Å²) in [5, 5.41) is 4.27. The number of hydrogen-bond donors (Lipinski definition) is 1. The summed E-state index contributed by atoms with van der Waals surface area (Å²) >= 11 is 6.16. The van der Waals surface area contributed by atoms with E-state index in [-0.39, 0.29) is 0 Å². The molecule has 19 heavy (non-hydrogen) atoms. The molecular weight excluding hydrogens is 256 g/mol. The Bertz CT molecular complexity index is 390. The predicted molar refractivity (Wildman–Crippen MR) is 86.2 cm³/mol. The van der Waals surface area contributed by atoms with Crippen LogP contribution >= 0.6 is 11.6 Å². The molecule has 1 aromatic carbocycles. The van der Waals surface area contributed by atoms with E-state index in [2.05, 4.69) is 57.1 Å². The molecule has 0 aromatic heterocycles. The Labute approximate surface area is 123 Å². The fourth-order valence-electron chi connectivity index (χ4n) is 2.08. The third-order valence-electron chi connectivity index (χ3n) is 3.75. The van der Waals surface area contributed by atoms with Crippen molar-refractivity contribution in [2.75, 3.05) is 18.5 Å². The van der Waals surface area contributed by atoms with Gasteiger partial charge in [-0.05, 0) is 43.5 Å². The highest BCUT2D eigenvalue weighted by atomic mass is 35.5. The van der Waals surface area contributed by atoms with Crippen molar-refractivity contribution in [2.45, 2.75) is 46.7 Å². The fraction of sp³-hybridized carbons (Fsp3) is 0.625. The van der Waals surface area contributed by atoms with E-state index in [0.29, 0.717) is 12.0 Å². The van der Waals surface area contributed by atoms with Crippen LogP contribution in [0.1, 0.15) is 39.7 Å². The van der Waals surface area contributed by atoms with Crippen LogP contribution in [0.15, 0.2) is 18.2 Å². The van der Waals surface area contributed by atoms with Gasteiger partial charge in [0.1, 0.15) is 0 Å². The van der Waals surface area contributed by atoms with Crippen molar-refractivity contribution in [1.29, 1.82) is 0 Å². The van der Waals surface area contributed by atoms with Gasteiger partial charge < -0.3 is 10.2 Å². The molecule has 1 rings (SSSR count). The molecule has 0 bridgehead atoms. The van der Waals surface area contributed by atoms with Crippen LogP contribution in [0.3, 0.4) is 0 Å². The average molecular weight is 283 g/mol. The third-order valence-corrected chi connectivity index (χ3v) is 3.98. The number of nitrogens with one attached hydrogen (secondary N) is 1. The van der Waals surface area contributed by atoms with Gasteiger partial charge in [0.2, 0.25) is 0 Å². The first-order chi connectivity index (χ1) is 8.97. The molecule has 108 valence electrons. The number of halogens is 1. The van der Waals surface area contributed by atoms with Crippen molar-refractivity contribution >= 4 is 17.3 Å². The summed E-state index contributed by atoms with van der Waals surface area (Å²) in [5.74, 6) is 0.612. The van der Waals surface area contributed by atoms with Gasteiger partial charge in [-0.2, -0.15) is 0 Å². The van der Waals surface area contributed by atoms with Crippen molar-refractivity contribution in [1.82, 2.24) is 5.32 Å². The average Bonchev–Trinajstić information content (AvgIpc) is 2.38. The normalized spacial score (nSPS) is 12.8. The molecule has 0 spiro atoms. The largest absolute Gasteiger partial charge is 0.371 e. The van der Waals surface area contributed by atoms with Crippen LogP contribution in [0, 0.1) is 5.92 Å². The van der Waals surface area contributed by atoms with E-state index in [1.807, 2.05) is 6.07 Å². The summed E-state index contributed by atoms with van der Waals surface area (Å²) in [6, 6.07) is 6.67. The molecule has 1 N–H and O–H groups in total. The second-order valence-electron chi connectivity index (χ2n) is 5.55. The molecule has 0 heterocycles. The summed E-state index contributed by atoms with van der Waals surface area (Å²) in [6.07, 6.45) is 1.15. The van der Waals surface area contributed by atoms with E-state index in [1.165, 1.54) is 11.3 Å². The highest BCUT2D eigenvalue weighted by Gasteiger charge is 2.16. The molecule has 0 amide bonds. The number of rotatable bonds is 7. The molecule has 0 fully saturated rings. The van der Waals surface area contributed by atoms with Crippen LogP contribution in [0.2, 0.25) is 5.02 Å². The quantitative estimate of drug-likeness (QED) is 0.749. The van der Waals surface area contributed by atoms with Crippen molar-refractivity contribution in [3.8, 4) is 0 Å². The van der Waals surface area contributed by atoms with E-state index in [9.17, 15) is 0 Å². The van der Waals surface area contributed by atoms with Gasteiger partial charge in [-0.15, -0.1) is 0 Å². The summed E-state index contributed by atoms with van der Waals surface area (Å²) in [6.45, 7) is 10.9. The van der Waals surface area contributed by atoms with Gasteiger partial charge in [-0.1, -0.05) is 38.4 Å². The maximum Gasteiger partial charge on any atom is 0.0426 e. The van der Waals surface area contributed by atoms with Crippen LogP contribution in [-0.2, 0) is 6.54 Å². The van der Waals surface area contributed by atoms with Crippen molar-refractivity contribution in [3.63, 3.8) is 0 Å².